The number of amides is 2. The molecule has 0 saturated carbocycles. The molecule has 0 aliphatic carbocycles. The van der Waals surface area contributed by atoms with Crippen LogP contribution in [0.25, 0.3) is 0 Å². The lowest BCUT2D eigenvalue weighted by atomic mass is 10.1. The SMILES string of the molecule is CC(NCCc1ncn[nH]1)c1ccc(NC(N)=O)cc1. The van der Waals surface area contributed by atoms with Crippen molar-refractivity contribution in [1.29, 1.82) is 0 Å². The predicted octanol–water partition coefficient (Wildman–Crippen LogP) is 1.19. The summed E-state index contributed by atoms with van der Waals surface area (Å²) in [6.07, 6.45) is 2.30. The third kappa shape index (κ3) is 4.06. The second kappa shape index (κ2) is 6.67. The van der Waals surface area contributed by atoms with Gasteiger partial charge in [-0.3, -0.25) is 5.10 Å². The molecule has 2 aromatic rings. The van der Waals surface area contributed by atoms with Crippen LogP contribution in [0.1, 0.15) is 24.4 Å². The monoisotopic (exact) mass is 274 g/mol. The first-order valence-corrected chi connectivity index (χ1v) is 6.39. The van der Waals surface area contributed by atoms with Crippen LogP contribution in [-0.4, -0.2) is 27.8 Å². The van der Waals surface area contributed by atoms with Gasteiger partial charge in [-0.05, 0) is 24.6 Å². The molecule has 20 heavy (non-hydrogen) atoms. The van der Waals surface area contributed by atoms with Crippen molar-refractivity contribution in [2.75, 3.05) is 11.9 Å². The lowest BCUT2D eigenvalue weighted by molar-refractivity contribution is 0.259. The van der Waals surface area contributed by atoms with Gasteiger partial charge in [0.05, 0.1) is 0 Å². The Hall–Kier alpha value is -2.41. The second-order valence-corrected chi connectivity index (χ2v) is 4.47. The Bertz CT molecular complexity index is 536. The topological polar surface area (TPSA) is 109 Å². The smallest absolute Gasteiger partial charge is 0.316 e. The van der Waals surface area contributed by atoms with Crippen molar-refractivity contribution in [2.24, 2.45) is 5.73 Å². The number of nitrogens with two attached hydrogens (primary N) is 1. The first kappa shape index (κ1) is 14.0. The number of aromatic nitrogens is 3. The van der Waals surface area contributed by atoms with Gasteiger partial charge in [-0.25, -0.2) is 9.78 Å². The third-order valence-electron chi connectivity index (χ3n) is 2.96. The molecule has 1 atom stereocenters. The highest BCUT2D eigenvalue weighted by Gasteiger charge is 2.05. The number of carbonyl (C=O) groups is 1. The fraction of sp³-hybridized carbons (Fsp3) is 0.308. The van der Waals surface area contributed by atoms with Gasteiger partial charge in [0.15, 0.2) is 0 Å². The molecule has 1 heterocycles. The Morgan fingerprint density at radius 2 is 2.15 bits per heavy atom. The van der Waals surface area contributed by atoms with Crippen LogP contribution in [0.2, 0.25) is 0 Å². The van der Waals surface area contributed by atoms with E-state index in [1.54, 1.807) is 0 Å². The summed E-state index contributed by atoms with van der Waals surface area (Å²) >= 11 is 0. The van der Waals surface area contributed by atoms with E-state index >= 15 is 0 Å². The number of nitrogens with zero attached hydrogens (tertiary/aromatic N) is 2. The minimum Gasteiger partial charge on any atom is -0.351 e. The van der Waals surface area contributed by atoms with E-state index in [2.05, 4.69) is 32.7 Å². The Balaban J connectivity index is 1.82. The van der Waals surface area contributed by atoms with Crippen molar-refractivity contribution in [1.82, 2.24) is 20.5 Å². The van der Waals surface area contributed by atoms with Crippen LogP contribution < -0.4 is 16.4 Å². The van der Waals surface area contributed by atoms with E-state index in [1.165, 1.54) is 6.33 Å². The fourth-order valence-corrected chi connectivity index (χ4v) is 1.87. The number of anilines is 1. The highest BCUT2D eigenvalue weighted by Crippen LogP contribution is 2.15. The molecule has 0 aliphatic heterocycles. The summed E-state index contributed by atoms with van der Waals surface area (Å²) in [7, 11) is 0. The van der Waals surface area contributed by atoms with Gasteiger partial charge in [-0.2, -0.15) is 5.10 Å². The molecule has 5 N–H and O–H groups in total. The van der Waals surface area contributed by atoms with Crippen molar-refractivity contribution in [3.63, 3.8) is 0 Å². The molecule has 0 fully saturated rings. The second-order valence-electron chi connectivity index (χ2n) is 4.47. The number of urea groups is 1. The summed E-state index contributed by atoms with van der Waals surface area (Å²) in [5, 5.41) is 12.6. The molecule has 0 aliphatic rings. The summed E-state index contributed by atoms with van der Waals surface area (Å²) < 4.78 is 0. The summed E-state index contributed by atoms with van der Waals surface area (Å²) in [6, 6.07) is 7.22. The van der Waals surface area contributed by atoms with Crippen molar-refractivity contribution in [3.05, 3.63) is 42.0 Å². The number of benzene rings is 1. The average Bonchev–Trinajstić information content (AvgIpc) is 2.92. The Morgan fingerprint density at radius 1 is 1.40 bits per heavy atom. The number of hydrogen-bond donors (Lipinski definition) is 4. The largest absolute Gasteiger partial charge is 0.351 e. The normalized spacial score (nSPS) is 12.1. The Labute approximate surface area is 117 Å². The van der Waals surface area contributed by atoms with Gasteiger partial charge >= 0.3 is 6.03 Å². The molecular formula is C13H18N6O. The summed E-state index contributed by atoms with van der Waals surface area (Å²) in [6.45, 7) is 2.88. The van der Waals surface area contributed by atoms with Crippen molar-refractivity contribution >= 4 is 11.7 Å². The first-order chi connectivity index (χ1) is 9.65. The molecule has 0 spiro atoms. The van der Waals surface area contributed by atoms with E-state index in [-0.39, 0.29) is 6.04 Å². The van der Waals surface area contributed by atoms with E-state index in [0.717, 1.165) is 24.4 Å². The molecule has 2 amide bonds. The molecule has 1 aromatic carbocycles. The van der Waals surface area contributed by atoms with Gasteiger partial charge in [0.25, 0.3) is 0 Å². The number of carbonyl (C=O) groups excluding carboxylic acids is 1. The van der Waals surface area contributed by atoms with Crippen molar-refractivity contribution in [3.8, 4) is 0 Å². The minimum atomic E-state index is -0.559. The summed E-state index contributed by atoms with van der Waals surface area (Å²) in [5.74, 6) is 0.866. The van der Waals surface area contributed by atoms with Crippen molar-refractivity contribution < 1.29 is 4.79 Å². The van der Waals surface area contributed by atoms with Gasteiger partial charge < -0.3 is 16.4 Å². The average molecular weight is 274 g/mol. The zero-order valence-corrected chi connectivity index (χ0v) is 11.3. The summed E-state index contributed by atoms with van der Waals surface area (Å²) in [4.78, 5) is 14.8. The Morgan fingerprint density at radius 3 is 2.75 bits per heavy atom. The lowest BCUT2D eigenvalue weighted by Crippen LogP contribution is -2.22. The maximum Gasteiger partial charge on any atom is 0.316 e. The molecule has 1 unspecified atom stereocenters. The molecule has 7 heteroatoms. The maximum absolute atomic E-state index is 10.7. The molecule has 0 radical (unpaired) electrons. The van der Waals surface area contributed by atoms with Gasteiger partial charge in [-0.15, -0.1) is 0 Å². The van der Waals surface area contributed by atoms with Crippen LogP contribution in [0, 0.1) is 0 Å². The van der Waals surface area contributed by atoms with Gasteiger partial charge in [0.1, 0.15) is 12.2 Å². The predicted molar refractivity (Wildman–Crippen MR) is 76.2 cm³/mol. The van der Waals surface area contributed by atoms with Gasteiger partial charge in [0.2, 0.25) is 0 Å². The highest BCUT2D eigenvalue weighted by atomic mass is 16.2. The van der Waals surface area contributed by atoms with E-state index in [0.29, 0.717) is 5.69 Å². The number of hydrogen-bond acceptors (Lipinski definition) is 4. The number of rotatable bonds is 6. The molecule has 0 saturated heterocycles. The van der Waals surface area contributed by atoms with Crippen LogP contribution >= 0.6 is 0 Å². The van der Waals surface area contributed by atoms with E-state index < -0.39 is 6.03 Å². The number of nitrogens with one attached hydrogen (secondary N) is 3. The minimum absolute atomic E-state index is 0.209. The van der Waals surface area contributed by atoms with Crippen molar-refractivity contribution in [2.45, 2.75) is 19.4 Å². The van der Waals surface area contributed by atoms with Gasteiger partial charge in [-0.1, -0.05) is 12.1 Å². The quantitative estimate of drug-likeness (QED) is 0.634. The zero-order valence-electron chi connectivity index (χ0n) is 11.3. The first-order valence-electron chi connectivity index (χ1n) is 6.39. The van der Waals surface area contributed by atoms with Crippen LogP contribution in [0.3, 0.4) is 0 Å². The fourth-order valence-electron chi connectivity index (χ4n) is 1.87. The standard InChI is InChI=1S/C13H18N6O/c1-9(15-7-6-12-16-8-17-19-12)10-2-4-11(5-3-10)18-13(14)20/h2-5,8-9,15H,6-7H2,1H3,(H3,14,18,20)(H,16,17,19). The molecule has 7 nitrogen and oxygen atoms in total. The molecular weight excluding hydrogens is 256 g/mol. The molecule has 2 rings (SSSR count). The van der Waals surface area contributed by atoms with E-state index in [4.69, 9.17) is 5.73 Å². The van der Waals surface area contributed by atoms with Crippen LogP contribution in [-0.2, 0) is 6.42 Å². The van der Waals surface area contributed by atoms with Crippen LogP contribution in [0.5, 0.6) is 0 Å². The number of H-pyrrole nitrogens is 1. The molecule has 1 aromatic heterocycles. The summed E-state index contributed by atoms with van der Waals surface area (Å²) in [5.41, 5.74) is 6.88. The number of aromatic amines is 1. The van der Waals surface area contributed by atoms with E-state index in [1.807, 2.05) is 24.3 Å². The highest BCUT2D eigenvalue weighted by molar-refractivity contribution is 5.87. The zero-order chi connectivity index (χ0) is 14.4. The third-order valence-corrected chi connectivity index (χ3v) is 2.96. The molecule has 106 valence electrons. The van der Waals surface area contributed by atoms with Gasteiger partial charge in [0, 0.05) is 24.7 Å². The lowest BCUT2D eigenvalue weighted by Gasteiger charge is -2.14. The maximum atomic E-state index is 10.7. The number of primary amides is 1. The Kier molecular flexibility index (Phi) is 4.67. The molecule has 0 bridgehead atoms. The van der Waals surface area contributed by atoms with Crippen LogP contribution in [0.4, 0.5) is 10.5 Å². The van der Waals surface area contributed by atoms with E-state index in [9.17, 15) is 4.79 Å². The van der Waals surface area contributed by atoms with Crippen LogP contribution in [0.15, 0.2) is 30.6 Å².